The van der Waals surface area contributed by atoms with Gasteiger partial charge in [0.2, 0.25) is 5.82 Å². The lowest BCUT2D eigenvalue weighted by Crippen LogP contribution is -2.39. The summed E-state index contributed by atoms with van der Waals surface area (Å²) in [6.07, 6.45) is 2.36. The second-order valence-corrected chi connectivity index (χ2v) is 6.23. The van der Waals surface area contributed by atoms with E-state index in [9.17, 15) is 14.0 Å². The van der Waals surface area contributed by atoms with Crippen molar-refractivity contribution in [2.45, 2.75) is 38.6 Å². The fourth-order valence-corrected chi connectivity index (χ4v) is 3.05. The number of rotatable bonds is 4. The number of nitrogens with one attached hydrogen (secondary N) is 1. The summed E-state index contributed by atoms with van der Waals surface area (Å²) in [5.41, 5.74) is 0.618. The molecule has 7 nitrogen and oxygen atoms in total. The number of aryl methyl sites for hydroxylation is 1. The minimum atomic E-state index is -0.778. The standard InChI is InChI=1S/C17H19FN4O3/c1-10-19-15(21-22(10)14-8-4-12(18)5-9-14)16(23)20-13-6-2-11(3-7-13)17(24)25/h4-5,8-9,11,13H,2-3,6-7H2,1H3,(H,20,23)(H,24,25). The predicted molar refractivity (Wildman–Crippen MR) is 86.9 cm³/mol. The Morgan fingerprint density at radius 1 is 1.20 bits per heavy atom. The lowest BCUT2D eigenvalue weighted by molar-refractivity contribution is -0.142. The number of carbonyl (C=O) groups is 2. The molecule has 0 aliphatic heterocycles. The first-order chi connectivity index (χ1) is 11.9. The predicted octanol–water partition coefficient (Wildman–Crippen LogP) is 2.09. The number of nitrogens with zero attached hydrogens (tertiary/aromatic N) is 3. The molecular weight excluding hydrogens is 327 g/mol. The molecule has 1 amide bonds. The molecule has 1 aliphatic rings. The summed E-state index contributed by atoms with van der Waals surface area (Å²) < 4.78 is 14.5. The number of benzene rings is 1. The van der Waals surface area contributed by atoms with E-state index in [-0.39, 0.29) is 29.5 Å². The van der Waals surface area contributed by atoms with Crippen LogP contribution in [0, 0.1) is 18.7 Å². The van der Waals surface area contributed by atoms with E-state index >= 15 is 0 Å². The van der Waals surface area contributed by atoms with E-state index in [0.29, 0.717) is 37.2 Å². The summed E-state index contributed by atoms with van der Waals surface area (Å²) in [5, 5.41) is 16.1. The fraction of sp³-hybridized carbons (Fsp3) is 0.412. The van der Waals surface area contributed by atoms with Crippen LogP contribution in [0.5, 0.6) is 0 Å². The Balaban J connectivity index is 1.66. The third-order valence-electron chi connectivity index (χ3n) is 4.45. The van der Waals surface area contributed by atoms with Gasteiger partial charge in [-0.2, -0.15) is 0 Å². The van der Waals surface area contributed by atoms with Crippen LogP contribution in [0.2, 0.25) is 0 Å². The molecule has 2 aromatic rings. The van der Waals surface area contributed by atoms with Crippen LogP contribution in [-0.2, 0) is 4.79 Å². The van der Waals surface area contributed by atoms with Crippen LogP contribution in [0.15, 0.2) is 24.3 Å². The minimum absolute atomic E-state index is 0.0437. The monoisotopic (exact) mass is 346 g/mol. The van der Waals surface area contributed by atoms with Gasteiger partial charge in [0, 0.05) is 6.04 Å². The third-order valence-corrected chi connectivity index (χ3v) is 4.45. The van der Waals surface area contributed by atoms with Gasteiger partial charge in [0.1, 0.15) is 11.6 Å². The quantitative estimate of drug-likeness (QED) is 0.883. The highest BCUT2D eigenvalue weighted by atomic mass is 19.1. The van der Waals surface area contributed by atoms with Crippen LogP contribution < -0.4 is 5.32 Å². The van der Waals surface area contributed by atoms with Crippen LogP contribution in [0.3, 0.4) is 0 Å². The molecule has 0 bridgehead atoms. The molecule has 1 fully saturated rings. The van der Waals surface area contributed by atoms with E-state index in [1.807, 2.05) is 0 Å². The van der Waals surface area contributed by atoms with Gasteiger partial charge in [-0.1, -0.05) is 0 Å². The summed E-state index contributed by atoms with van der Waals surface area (Å²) in [4.78, 5) is 27.5. The molecule has 2 N–H and O–H groups in total. The average Bonchev–Trinajstić information content (AvgIpc) is 2.98. The van der Waals surface area contributed by atoms with Crippen LogP contribution in [-0.4, -0.2) is 37.8 Å². The van der Waals surface area contributed by atoms with Crippen molar-refractivity contribution >= 4 is 11.9 Å². The Hall–Kier alpha value is -2.77. The first-order valence-electron chi connectivity index (χ1n) is 8.17. The van der Waals surface area contributed by atoms with Crippen LogP contribution >= 0.6 is 0 Å². The highest BCUT2D eigenvalue weighted by Crippen LogP contribution is 2.24. The van der Waals surface area contributed by atoms with Gasteiger partial charge in [0.25, 0.3) is 5.91 Å². The van der Waals surface area contributed by atoms with E-state index in [2.05, 4.69) is 15.4 Å². The van der Waals surface area contributed by atoms with Crippen molar-refractivity contribution in [3.63, 3.8) is 0 Å². The first kappa shape index (κ1) is 17.1. The maximum atomic E-state index is 13.0. The normalized spacial score (nSPS) is 20.2. The van der Waals surface area contributed by atoms with Gasteiger partial charge >= 0.3 is 5.97 Å². The summed E-state index contributed by atoms with van der Waals surface area (Å²) in [6, 6.07) is 5.69. The van der Waals surface area contributed by atoms with Crippen molar-refractivity contribution in [1.29, 1.82) is 0 Å². The smallest absolute Gasteiger partial charge is 0.306 e. The SMILES string of the molecule is Cc1nc(C(=O)NC2CCC(C(=O)O)CC2)nn1-c1ccc(F)cc1. The largest absolute Gasteiger partial charge is 0.481 e. The second kappa shape index (κ2) is 7.00. The summed E-state index contributed by atoms with van der Waals surface area (Å²) in [5.74, 6) is -1.28. The van der Waals surface area contributed by atoms with Gasteiger partial charge in [-0.3, -0.25) is 9.59 Å². The molecule has 0 saturated heterocycles. The number of halogens is 1. The van der Waals surface area contributed by atoms with Crippen molar-refractivity contribution in [3.05, 3.63) is 41.7 Å². The summed E-state index contributed by atoms with van der Waals surface area (Å²) in [6.45, 7) is 1.71. The van der Waals surface area contributed by atoms with E-state index in [1.54, 1.807) is 19.1 Å². The second-order valence-electron chi connectivity index (χ2n) is 6.23. The van der Waals surface area contributed by atoms with Crippen molar-refractivity contribution in [3.8, 4) is 5.69 Å². The lowest BCUT2D eigenvalue weighted by Gasteiger charge is -2.26. The number of hydrogen-bond donors (Lipinski definition) is 2. The molecule has 8 heteroatoms. The zero-order valence-corrected chi connectivity index (χ0v) is 13.8. The Labute approximate surface area is 143 Å². The van der Waals surface area contributed by atoms with E-state index in [1.165, 1.54) is 16.8 Å². The topological polar surface area (TPSA) is 97.1 Å². The molecule has 1 aromatic heterocycles. The number of hydrogen-bond acceptors (Lipinski definition) is 4. The minimum Gasteiger partial charge on any atom is -0.481 e. The van der Waals surface area contributed by atoms with Crippen molar-refractivity contribution in [1.82, 2.24) is 20.1 Å². The number of carbonyl (C=O) groups excluding carboxylic acids is 1. The molecule has 1 aromatic carbocycles. The highest BCUT2D eigenvalue weighted by Gasteiger charge is 2.27. The number of aromatic nitrogens is 3. The average molecular weight is 346 g/mol. The van der Waals surface area contributed by atoms with Gasteiger partial charge < -0.3 is 10.4 Å². The molecule has 0 radical (unpaired) electrons. The molecule has 0 atom stereocenters. The van der Waals surface area contributed by atoms with Crippen LogP contribution in [0.1, 0.15) is 42.1 Å². The molecule has 3 rings (SSSR count). The van der Waals surface area contributed by atoms with Crippen LogP contribution in [0.25, 0.3) is 5.69 Å². The van der Waals surface area contributed by atoms with Gasteiger partial charge in [-0.25, -0.2) is 14.1 Å². The Morgan fingerprint density at radius 3 is 2.44 bits per heavy atom. The molecule has 1 aliphatic carbocycles. The molecule has 1 heterocycles. The fourth-order valence-electron chi connectivity index (χ4n) is 3.05. The van der Waals surface area contributed by atoms with E-state index < -0.39 is 5.97 Å². The molecule has 1 saturated carbocycles. The number of carboxylic acids is 1. The Kier molecular flexibility index (Phi) is 4.78. The van der Waals surface area contributed by atoms with Gasteiger partial charge in [0.15, 0.2) is 0 Å². The van der Waals surface area contributed by atoms with E-state index in [4.69, 9.17) is 5.11 Å². The number of amides is 1. The van der Waals surface area contributed by atoms with Crippen LogP contribution in [0.4, 0.5) is 4.39 Å². The lowest BCUT2D eigenvalue weighted by atomic mass is 9.86. The third kappa shape index (κ3) is 3.84. The maximum absolute atomic E-state index is 13.0. The summed E-state index contributed by atoms with van der Waals surface area (Å²) in [7, 11) is 0. The molecule has 0 spiro atoms. The summed E-state index contributed by atoms with van der Waals surface area (Å²) >= 11 is 0. The van der Waals surface area contributed by atoms with Crippen molar-refractivity contribution in [2.75, 3.05) is 0 Å². The number of aliphatic carboxylic acids is 1. The first-order valence-corrected chi connectivity index (χ1v) is 8.17. The van der Waals surface area contributed by atoms with Gasteiger partial charge in [0.05, 0.1) is 11.6 Å². The molecule has 0 unspecified atom stereocenters. The van der Waals surface area contributed by atoms with Gasteiger partial charge in [-0.05, 0) is 56.9 Å². The van der Waals surface area contributed by atoms with Crippen molar-refractivity contribution in [2.24, 2.45) is 5.92 Å². The zero-order valence-electron chi connectivity index (χ0n) is 13.8. The molecule has 132 valence electrons. The molecule has 25 heavy (non-hydrogen) atoms. The number of carboxylic acid groups (broad SMARTS) is 1. The molecular formula is C17H19FN4O3. The maximum Gasteiger partial charge on any atom is 0.306 e. The highest BCUT2D eigenvalue weighted by molar-refractivity contribution is 5.90. The zero-order chi connectivity index (χ0) is 18.0. The Morgan fingerprint density at radius 2 is 1.84 bits per heavy atom. The Bertz CT molecular complexity index is 780. The van der Waals surface area contributed by atoms with Crippen molar-refractivity contribution < 1.29 is 19.1 Å². The van der Waals surface area contributed by atoms with E-state index in [0.717, 1.165) is 0 Å². The van der Waals surface area contributed by atoms with Gasteiger partial charge in [-0.15, -0.1) is 5.10 Å².